The Kier molecular flexibility index (Phi) is 6.68. The molecule has 0 aromatic heterocycles. The van der Waals surface area contributed by atoms with Crippen LogP contribution in [-0.4, -0.2) is 24.6 Å². The number of hydrogen-bond acceptors (Lipinski definition) is 4. The number of para-hydroxylation sites is 1. The summed E-state index contributed by atoms with van der Waals surface area (Å²) in [6.07, 6.45) is -5.65. The maximum Gasteiger partial charge on any atom is 0.418 e. The van der Waals surface area contributed by atoms with E-state index in [0.717, 1.165) is 12.1 Å². The summed E-state index contributed by atoms with van der Waals surface area (Å²) < 4.78 is 48.8. The number of carbonyl (C=O) groups excluding carboxylic acids is 2. The first kappa shape index (κ1) is 20.6. The second-order valence-corrected chi connectivity index (χ2v) is 5.85. The molecule has 0 aliphatic carbocycles. The van der Waals surface area contributed by atoms with Crippen molar-refractivity contribution < 1.29 is 32.2 Å². The molecule has 9 heteroatoms. The molecular weight excluding hydrogens is 387 g/mol. The lowest BCUT2D eigenvalue weighted by atomic mass is 10.1. The normalized spacial score (nSPS) is 12.2. The second-order valence-electron chi connectivity index (χ2n) is 5.41. The van der Waals surface area contributed by atoms with E-state index in [1.165, 1.54) is 19.1 Å². The molecule has 0 fully saturated rings. The SMILES string of the molecule is C[C@@H](Oc1ccc(Cl)cc1)C(=O)OCC(=O)Nc1ccccc1C(F)(F)F. The van der Waals surface area contributed by atoms with Crippen LogP contribution < -0.4 is 10.1 Å². The van der Waals surface area contributed by atoms with Crippen LogP contribution >= 0.6 is 11.6 Å². The Bertz CT molecular complexity index is 809. The molecule has 5 nitrogen and oxygen atoms in total. The van der Waals surface area contributed by atoms with Gasteiger partial charge in [0, 0.05) is 5.02 Å². The molecule has 0 aliphatic rings. The zero-order valence-electron chi connectivity index (χ0n) is 14.0. The summed E-state index contributed by atoms with van der Waals surface area (Å²) in [5.41, 5.74) is -1.42. The van der Waals surface area contributed by atoms with E-state index in [1.807, 2.05) is 0 Å². The summed E-state index contributed by atoms with van der Waals surface area (Å²) in [7, 11) is 0. The van der Waals surface area contributed by atoms with E-state index < -0.39 is 42.0 Å². The monoisotopic (exact) mass is 401 g/mol. The number of halogens is 4. The Morgan fingerprint density at radius 3 is 2.37 bits per heavy atom. The molecule has 1 amide bonds. The van der Waals surface area contributed by atoms with Crippen molar-refractivity contribution in [1.82, 2.24) is 0 Å². The number of carbonyl (C=O) groups is 2. The molecule has 1 N–H and O–H groups in total. The smallest absolute Gasteiger partial charge is 0.418 e. The first-order chi connectivity index (χ1) is 12.7. The first-order valence-electron chi connectivity index (χ1n) is 7.72. The lowest BCUT2D eigenvalue weighted by Gasteiger charge is -2.15. The highest BCUT2D eigenvalue weighted by atomic mass is 35.5. The van der Waals surface area contributed by atoms with Gasteiger partial charge in [-0.1, -0.05) is 23.7 Å². The highest BCUT2D eigenvalue weighted by Gasteiger charge is 2.33. The fourth-order valence-corrected chi connectivity index (χ4v) is 2.17. The topological polar surface area (TPSA) is 64.6 Å². The summed E-state index contributed by atoms with van der Waals surface area (Å²) in [5.74, 6) is -1.38. The van der Waals surface area contributed by atoms with E-state index in [-0.39, 0.29) is 0 Å². The molecule has 0 spiro atoms. The molecule has 0 aliphatic heterocycles. The Labute approximate surface area is 158 Å². The Morgan fingerprint density at radius 2 is 1.74 bits per heavy atom. The fraction of sp³-hybridized carbons (Fsp3) is 0.222. The van der Waals surface area contributed by atoms with Gasteiger partial charge in [0.1, 0.15) is 5.75 Å². The number of benzene rings is 2. The van der Waals surface area contributed by atoms with Crippen LogP contribution in [0.5, 0.6) is 5.75 Å². The highest BCUT2D eigenvalue weighted by Crippen LogP contribution is 2.34. The molecule has 0 bridgehead atoms. The quantitative estimate of drug-likeness (QED) is 0.733. The lowest BCUT2D eigenvalue weighted by Crippen LogP contribution is -2.30. The predicted molar refractivity (Wildman–Crippen MR) is 92.6 cm³/mol. The molecule has 144 valence electrons. The number of rotatable bonds is 6. The third-order valence-corrected chi connectivity index (χ3v) is 3.56. The molecule has 2 aromatic carbocycles. The van der Waals surface area contributed by atoms with Crippen molar-refractivity contribution in [2.24, 2.45) is 0 Å². The van der Waals surface area contributed by atoms with E-state index >= 15 is 0 Å². The third-order valence-electron chi connectivity index (χ3n) is 3.31. The Morgan fingerprint density at radius 1 is 1.11 bits per heavy atom. The second kappa shape index (κ2) is 8.77. The van der Waals surface area contributed by atoms with E-state index in [9.17, 15) is 22.8 Å². The summed E-state index contributed by atoms with van der Waals surface area (Å²) in [4.78, 5) is 23.7. The van der Waals surface area contributed by atoms with Crippen molar-refractivity contribution >= 4 is 29.2 Å². The van der Waals surface area contributed by atoms with Gasteiger partial charge in [0.25, 0.3) is 5.91 Å². The lowest BCUT2D eigenvalue weighted by molar-refractivity contribution is -0.153. The first-order valence-corrected chi connectivity index (χ1v) is 8.09. The van der Waals surface area contributed by atoms with Crippen LogP contribution in [0, 0.1) is 0 Å². The maximum atomic E-state index is 12.9. The fourth-order valence-electron chi connectivity index (χ4n) is 2.05. The van der Waals surface area contributed by atoms with Crippen LogP contribution in [0.2, 0.25) is 5.02 Å². The molecule has 27 heavy (non-hydrogen) atoms. The third kappa shape index (κ3) is 6.18. The van der Waals surface area contributed by atoms with Crippen LogP contribution in [0.4, 0.5) is 18.9 Å². The van der Waals surface area contributed by atoms with Crippen LogP contribution in [0.3, 0.4) is 0 Å². The highest BCUT2D eigenvalue weighted by molar-refractivity contribution is 6.30. The van der Waals surface area contributed by atoms with Crippen molar-refractivity contribution in [2.75, 3.05) is 11.9 Å². The van der Waals surface area contributed by atoms with Gasteiger partial charge in [-0.2, -0.15) is 13.2 Å². The predicted octanol–water partition coefficient (Wildman–Crippen LogP) is 4.31. The molecule has 0 saturated carbocycles. The van der Waals surface area contributed by atoms with E-state index in [2.05, 4.69) is 5.32 Å². The Balaban J connectivity index is 1.88. The zero-order chi connectivity index (χ0) is 20.0. The average molecular weight is 402 g/mol. The minimum atomic E-state index is -4.62. The van der Waals surface area contributed by atoms with Gasteiger partial charge >= 0.3 is 12.1 Å². The Hall–Kier alpha value is -2.74. The van der Waals surface area contributed by atoms with Gasteiger partial charge in [-0.05, 0) is 43.3 Å². The number of alkyl halides is 3. The van der Waals surface area contributed by atoms with Gasteiger partial charge in [0.2, 0.25) is 0 Å². The van der Waals surface area contributed by atoms with Gasteiger partial charge in [-0.3, -0.25) is 4.79 Å². The average Bonchev–Trinajstić information content (AvgIpc) is 2.61. The van der Waals surface area contributed by atoms with Crippen molar-refractivity contribution in [3.05, 3.63) is 59.1 Å². The summed E-state index contributed by atoms with van der Waals surface area (Å²) in [5, 5.41) is 2.57. The largest absolute Gasteiger partial charge is 0.479 e. The van der Waals surface area contributed by atoms with Crippen molar-refractivity contribution in [3.8, 4) is 5.75 Å². The number of hydrogen-bond donors (Lipinski definition) is 1. The summed E-state index contributed by atoms with van der Waals surface area (Å²) in [6, 6.07) is 10.7. The van der Waals surface area contributed by atoms with Gasteiger partial charge in [-0.25, -0.2) is 4.79 Å². The van der Waals surface area contributed by atoms with Gasteiger partial charge in [-0.15, -0.1) is 0 Å². The van der Waals surface area contributed by atoms with Crippen molar-refractivity contribution in [2.45, 2.75) is 19.2 Å². The summed E-state index contributed by atoms with van der Waals surface area (Å²) >= 11 is 5.74. The van der Waals surface area contributed by atoms with Crippen LogP contribution in [0.1, 0.15) is 12.5 Å². The molecule has 0 unspecified atom stereocenters. The number of anilines is 1. The minimum Gasteiger partial charge on any atom is -0.479 e. The van der Waals surface area contributed by atoms with Crippen LogP contribution in [-0.2, 0) is 20.5 Å². The number of ether oxygens (including phenoxy) is 2. The van der Waals surface area contributed by atoms with Crippen LogP contribution in [0.25, 0.3) is 0 Å². The number of nitrogens with one attached hydrogen (secondary N) is 1. The molecule has 0 heterocycles. The van der Waals surface area contributed by atoms with E-state index in [1.54, 1.807) is 24.3 Å². The standard InChI is InChI=1S/C18H15ClF3NO4/c1-11(27-13-8-6-12(19)7-9-13)17(25)26-10-16(24)23-15-5-3-2-4-14(15)18(20,21)22/h2-9,11H,10H2,1H3,(H,23,24)/t11-/m1/s1. The summed E-state index contributed by atoms with van der Waals surface area (Å²) in [6.45, 7) is 0.660. The van der Waals surface area contributed by atoms with Crippen LogP contribution in [0.15, 0.2) is 48.5 Å². The number of esters is 1. The molecule has 1 atom stereocenters. The molecule has 2 aromatic rings. The molecular formula is C18H15ClF3NO4. The van der Waals surface area contributed by atoms with Crippen molar-refractivity contribution in [3.63, 3.8) is 0 Å². The molecule has 0 radical (unpaired) electrons. The maximum absolute atomic E-state index is 12.9. The van der Waals surface area contributed by atoms with E-state index in [0.29, 0.717) is 10.8 Å². The van der Waals surface area contributed by atoms with Gasteiger partial charge < -0.3 is 14.8 Å². The molecule has 2 rings (SSSR count). The van der Waals surface area contributed by atoms with Gasteiger partial charge in [0.05, 0.1) is 11.3 Å². The molecule has 0 saturated heterocycles. The van der Waals surface area contributed by atoms with E-state index in [4.69, 9.17) is 21.1 Å². The van der Waals surface area contributed by atoms with Gasteiger partial charge in [0.15, 0.2) is 12.7 Å². The number of amides is 1. The zero-order valence-corrected chi connectivity index (χ0v) is 14.8. The minimum absolute atomic E-state index is 0.368. The van der Waals surface area contributed by atoms with Crippen molar-refractivity contribution in [1.29, 1.82) is 0 Å².